The van der Waals surface area contributed by atoms with Crippen LogP contribution in [0.2, 0.25) is 0 Å². The summed E-state index contributed by atoms with van der Waals surface area (Å²) in [6.45, 7) is 5.56. The van der Waals surface area contributed by atoms with Crippen LogP contribution in [0.1, 0.15) is 33.6 Å². The molecule has 0 aliphatic heterocycles. The average Bonchev–Trinajstić information content (AvgIpc) is 2.44. The number of benzene rings is 1. The van der Waals surface area contributed by atoms with Crippen LogP contribution in [0.25, 0.3) is 0 Å². The Hall–Kier alpha value is -2.31. The van der Waals surface area contributed by atoms with Crippen LogP contribution in [0.5, 0.6) is 5.75 Å². The molecule has 1 rings (SSSR count). The first kappa shape index (κ1) is 16.7. The largest absolute Gasteiger partial charge is 0.487 e. The van der Waals surface area contributed by atoms with E-state index in [1.54, 1.807) is 13.8 Å². The van der Waals surface area contributed by atoms with E-state index in [-0.39, 0.29) is 11.4 Å². The predicted octanol–water partition coefficient (Wildman–Crippen LogP) is 3.05. The smallest absolute Gasteiger partial charge is 0.329 e. The van der Waals surface area contributed by atoms with E-state index < -0.39 is 16.4 Å². The van der Waals surface area contributed by atoms with E-state index >= 15 is 0 Å². The number of carbonyl (C=O) groups is 1. The minimum Gasteiger partial charge on any atom is -0.487 e. The molecule has 0 aliphatic carbocycles. The van der Waals surface area contributed by atoms with Gasteiger partial charge in [0.15, 0.2) is 5.75 Å². The number of hydrogen-bond acceptors (Lipinski definition) is 5. The lowest BCUT2D eigenvalue weighted by Crippen LogP contribution is -2.42. The standard InChI is InChI=1S/C14H20N2O5/c1-4-8-21-12-9-10(6-7-11(12)16(19)20)15-14(3,5-2)13(17)18/h6-7,9,15H,4-5,8H2,1-3H3,(H,17,18). The van der Waals surface area contributed by atoms with Crippen molar-refractivity contribution in [3.8, 4) is 5.75 Å². The molecule has 1 aromatic rings. The maximum atomic E-state index is 11.3. The Morgan fingerprint density at radius 3 is 2.62 bits per heavy atom. The van der Waals surface area contributed by atoms with Crippen molar-refractivity contribution >= 4 is 17.3 Å². The second kappa shape index (κ2) is 6.92. The van der Waals surface area contributed by atoms with Gasteiger partial charge in [0.05, 0.1) is 11.5 Å². The zero-order chi connectivity index (χ0) is 16.0. The fourth-order valence-corrected chi connectivity index (χ4v) is 1.68. The summed E-state index contributed by atoms with van der Waals surface area (Å²) >= 11 is 0. The number of ether oxygens (including phenoxy) is 1. The Morgan fingerprint density at radius 1 is 1.48 bits per heavy atom. The van der Waals surface area contributed by atoms with E-state index in [0.717, 1.165) is 6.42 Å². The molecule has 0 saturated heterocycles. The highest BCUT2D eigenvalue weighted by Gasteiger charge is 2.31. The summed E-state index contributed by atoms with van der Waals surface area (Å²) in [5.74, 6) is -0.852. The van der Waals surface area contributed by atoms with Crippen LogP contribution in [0.4, 0.5) is 11.4 Å². The Labute approximate surface area is 123 Å². The van der Waals surface area contributed by atoms with Crippen LogP contribution in [0.15, 0.2) is 18.2 Å². The number of aliphatic carboxylic acids is 1. The van der Waals surface area contributed by atoms with Crippen molar-refractivity contribution < 1.29 is 19.6 Å². The molecule has 1 atom stereocenters. The maximum Gasteiger partial charge on any atom is 0.329 e. The highest BCUT2D eigenvalue weighted by Crippen LogP contribution is 2.31. The highest BCUT2D eigenvalue weighted by molar-refractivity contribution is 5.82. The molecule has 7 heteroatoms. The van der Waals surface area contributed by atoms with Gasteiger partial charge in [-0.1, -0.05) is 13.8 Å². The van der Waals surface area contributed by atoms with E-state index in [2.05, 4.69) is 5.32 Å². The van der Waals surface area contributed by atoms with Gasteiger partial charge in [-0.25, -0.2) is 4.79 Å². The lowest BCUT2D eigenvalue weighted by molar-refractivity contribution is -0.385. The average molecular weight is 296 g/mol. The first-order chi connectivity index (χ1) is 9.84. The van der Waals surface area contributed by atoms with E-state index in [1.807, 2.05) is 6.92 Å². The van der Waals surface area contributed by atoms with Crippen LogP contribution < -0.4 is 10.1 Å². The van der Waals surface area contributed by atoms with Gasteiger partial charge in [-0.3, -0.25) is 10.1 Å². The quantitative estimate of drug-likeness (QED) is 0.564. The van der Waals surface area contributed by atoms with Crippen molar-refractivity contribution in [2.75, 3.05) is 11.9 Å². The van der Waals surface area contributed by atoms with Crippen LogP contribution in [-0.2, 0) is 4.79 Å². The van der Waals surface area contributed by atoms with Gasteiger partial charge >= 0.3 is 11.7 Å². The summed E-state index contributed by atoms with van der Waals surface area (Å²) in [4.78, 5) is 21.7. The molecular weight excluding hydrogens is 276 g/mol. The second-order valence-electron chi connectivity index (χ2n) is 4.90. The molecule has 21 heavy (non-hydrogen) atoms. The first-order valence-electron chi connectivity index (χ1n) is 6.77. The second-order valence-corrected chi connectivity index (χ2v) is 4.90. The minimum absolute atomic E-state index is 0.135. The van der Waals surface area contributed by atoms with Crippen LogP contribution in [0, 0.1) is 10.1 Å². The molecule has 1 aromatic carbocycles. The number of nitrogens with one attached hydrogen (secondary N) is 1. The van der Waals surface area contributed by atoms with Gasteiger partial charge in [0.1, 0.15) is 5.54 Å². The van der Waals surface area contributed by atoms with Gasteiger partial charge < -0.3 is 15.2 Å². The first-order valence-corrected chi connectivity index (χ1v) is 6.77. The molecule has 116 valence electrons. The predicted molar refractivity (Wildman–Crippen MR) is 78.8 cm³/mol. The van der Waals surface area contributed by atoms with Gasteiger partial charge in [0.2, 0.25) is 0 Å². The van der Waals surface area contributed by atoms with Crippen molar-refractivity contribution in [2.24, 2.45) is 0 Å². The molecule has 0 radical (unpaired) electrons. The molecule has 0 bridgehead atoms. The molecule has 0 aromatic heterocycles. The molecule has 0 fully saturated rings. The molecule has 0 heterocycles. The normalized spacial score (nSPS) is 13.3. The number of carboxylic acid groups (broad SMARTS) is 1. The fraction of sp³-hybridized carbons (Fsp3) is 0.500. The van der Waals surface area contributed by atoms with Crippen molar-refractivity contribution in [2.45, 2.75) is 39.2 Å². The van der Waals surface area contributed by atoms with E-state index in [9.17, 15) is 20.0 Å². The van der Waals surface area contributed by atoms with Crippen molar-refractivity contribution in [1.29, 1.82) is 0 Å². The zero-order valence-electron chi connectivity index (χ0n) is 12.4. The SMILES string of the molecule is CCCOc1cc(NC(C)(CC)C(=O)O)ccc1[N+](=O)[O-]. The Bertz CT molecular complexity index is 532. The molecule has 1 unspecified atom stereocenters. The van der Waals surface area contributed by atoms with Crippen LogP contribution >= 0.6 is 0 Å². The zero-order valence-corrected chi connectivity index (χ0v) is 12.4. The number of nitro groups is 1. The number of hydrogen-bond donors (Lipinski definition) is 2. The molecule has 0 aliphatic rings. The Morgan fingerprint density at radius 2 is 2.14 bits per heavy atom. The fourth-order valence-electron chi connectivity index (χ4n) is 1.68. The van der Waals surface area contributed by atoms with E-state index in [0.29, 0.717) is 18.7 Å². The minimum atomic E-state index is -1.14. The van der Waals surface area contributed by atoms with Gasteiger partial charge in [0, 0.05) is 17.8 Å². The molecular formula is C14H20N2O5. The Balaban J connectivity index is 3.09. The monoisotopic (exact) mass is 296 g/mol. The number of anilines is 1. The van der Waals surface area contributed by atoms with Gasteiger partial charge in [-0.05, 0) is 25.8 Å². The van der Waals surface area contributed by atoms with E-state index in [4.69, 9.17) is 4.74 Å². The molecule has 7 nitrogen and oxygen atoms in total. The lowest BCUT2D eigenvalue weighted by Gasteiger charge is -2.26. The summed E-state index contributed by atoms with van der Waals surface area (Å²) in [5.41, 5.74) is -0.806. The summed E-state index contributed by atoms with van der Waals surface area (Å²) in [6, 6.07) is 4.25. The maximum absolute atomic E-state index is 11.3. The topological polar surface area (TPSA) is 102 Å². The number of carboxylic acids is 1. The van der Waals surface area contributed by atoms with Crippen LogP contribution in [-0.4, -0.2) is 28.1 Å². The molecule has 0 amide bonds. The number of nitro benzene ring substituents is 1. The van der Waals surface area contributed by atoms with Crippen molar-refractivity contribution in [3.05, 3.63) is 28.3 Å². The third-order valence-electron chi connectivity index (χ3n) is 3.22. The number of rotatable bonds is 8. The molecule has 0 spiro atoms. The van der Waals surface area contributed by atoms with Crippen LogP contribution in [0.3, 0.4) is 0 Å². The highest BCUT2D eigenvalue weighted by atomic mass is 16.6. The third kappa shape index (κ3) is 4.08. The van der Waals surface area contributed by atoms with Crippen molar-refractivity contribution in [3.63, 3.8) is 0 Å². The van der Waals surface area contributed by atoms with Crippen molar-refractivity contribution in [1.82, 2.24) is 0 Å². The van der Waals surface area contributed by atoms with Gasteiger partial charge in [-0.15, -0.1) is 0 Å². The summed E-state index contributed by atoms with van der Waals surface area (Å²) in [7, 11) is 0. The molecule has 0 saturated carbocycles. The summed E-state index contributed by atoms with van der Waals surface area (Å²) in [5, 5.41) is 23.1. The van der Waals surface area contributed by atoms with E-state index in [1.165, 1.54) is 18.2 Å². The lowest BCUT2D eigenvalue weighted by atomic mass is 9.98. The van der Waals surface area contributed by atoms with Gasteiger partial charge in [-0.2, -0.15) is 0 Å². The molecule has 2 N–H and O–H groups in total. The summed E-state index contributed by atoms with van der Waals surface area (Å²) < 4.78 is 5.37. The Kier molecular flexibility index (Phi) is 5.52. The summed E-state index contributed by atoms with van der Waals surface area (Å²) in [6.07, 6.45) is 1.08. The number of nitrogens with zero attached hydrogens (tertiary/aromatic N) is 1. The van der Waals surface area contributed by atoms with Gasteiger partial charge in [0.25, 0.3) is 0 Å². The third-order valence-corrected chi connectivity index (χ3v) is 3.22.